The van der Waals surface area contributed by atoms with Gasteiger partial charge in [-0.2, -0.15) is 0 Å². The minimum absolute atomic E-state index is 0.141. The summed E-state index contributed by atoms with van der Waals surface area (Å²) in [6.45, 7) is 6.25. The molecule has 1 N–H and O–H groups in total. The molecule has 5 heteroatoms. The molecule has 0 heterocycles. The van der Waals surface area contributed by atoms with Gasteiger partial charge in [0, 0.05) is 6.42 Å². The molecule has 1 aromatic rings. The Kier molecular flexibility index (Phi) is 8.98. The van der Waals surface area contributed by atoms with Gasteiger partial charge in [0.15, 0.2) is 0 Å². The fourth-order valence-corrected chi connectivity index (χ4v) is 2.53. The van der Waals surface area contributed by atoms with Crippen molar-refractivity contribution in [1.29, 1.82) is 0 Å². The number of carbonyl (C=O) groups is 2. The largest absolute Gasteiger partial charge is 0.467 e. The van der Waals surface area contributed by atoms with E-state index >= 15 is 0 Å². The number of hydrogen-bond donors (Lipinski definition) is 1. The third kappa shape index (κ3) is 7.28. The first-order chi connectivity index (χ1) is 11.1. The summed E-state index contributed by atoms with van der Waals surface area (Å²) < 4.78 is 4.82. The van der Waals surface area contributed by atoms with E-state index < -0.39 is 12.0 Å². The number of nitrogens with one attached hydrogen (secondary N) is 1. The van der Waals surface area contributed by atoms with Crippen LogP contribution in [0.2, 0.25) is 0 Å². The first-order valence-electron chi connectivity index (χ1n) is 8.24. The summed E-state index contributed by atoms with van der Waals surface area (Å²) in [6, 6.07) is 8.96. The van der Waals surface area contributed by atoms with Crippen molar-refractivity contribution in [3.05, 3.63) is 35.9 Å². The third-order valence-corrected chi connectivity index (χ3v) is 3.55. The number of ether oxygens (including phenoxy) is 1. The number of esters is 1. The molecule has 1 rings (SSSR count). The third-order valence-electron chi connectivity index (χ3n) is 3.55. The Bertz CT molecular complexity index is 470. The minimum Gasteiger partial charge on any atom is -0.467 e. The molecule has 0 radical (unpaired) electrons. The van der Waals surface area contributed by atoms with E-state index in [4.69, 9.17) is 4.74 Å². The van der Waals surface area contributed by atoms with Crippen molar-refractivity contribution < 1.29 is 14.3 Å². The van der Waals surface area contributed by atoms with Gasteiger partial charge in [-0.25, -0.2) is 4.79 Å². The number of rotatable bonds is 10. The average molecular weight is 320 g/mol. The summed E-state index contributed by atoms with van der Waals surface area (Å²) in [5.41, 5.74) is 0.988. The maximum Gasteiger partial charge on any atom is 0.328 e. The van der Waals surface area contributed by atoms with Gasteiger partial charge in [-0.1, -0.05) is 44.2 Å². The van der Waals surface area contributed by atoms with E-state index in [9.17, 15) is 9.59 Å². The first kappa shape index (κ1) is 19.2. The maximum atomic E-state index is 12.3. The molecule has 0 aliphatic rings. The fraction of sp³-hybridized carbons (Fsp3) is 0.556. The molecular formula is C18H28N2O3. The zero-order valence-corrected chi connectivity index (χ0v) is 14.4. The molecule has 5 nitrogen and oxygen atoms in total. The summed E-state index contributed by atoms with van der Waals surface area (Å²) in [7, 11) is 1.34. The van der Waals surface area contributed by atoms with Crippen molar-refractivity contribution in [1.82, 2.24) is 10.2 Å². The summed E-state index contributed by atoms with van der Waals surface area (Å²) in [5.74, 6) is -0.557. The van der Waals surface area contributed by atoms with Gasteiger partial charge in [0.1, 0.15) is 6.04 Å². The molecule has 1 aromatic carbocycles. The Morgan fingerprint density at radius 3 is 2.26 bits per heavy atom. The second-order valence-electron chi connectivity index (χ2n) is 5.61. The van der Waals surface area contributed by atoms with Crippen LogP contribution in [0, 0.1) is 0 Å². The average Bonchev–Trinajstić information content (AvgIpc) is 2.55. The van der Waals surface area contributed by atoms with E-state index in [2.05, 4.69) is 24.1 Å². The molecule has 128 valence electrons. The minimum atomic E-state index is -0.653. The lowest BCUT2D eigenvalue weighted by Gasteiger charge is -2.22. The molecule has 0 aliphatic heterocycles. The highest BCUT2D eigenvalue weighted by atomic mass is 16.5. The quantitative estimate of drug-likeness (QED) is 0.670. The predicted octanol–water partition coefficient (Wildman–Crippen LogP) is 2.01. The molecule has 0 saturated carbocycles. The summed E-state index contributed by atoms with van der Waals surface area (Å²) in [5, 5.41) is 2.81. The Balaban J connectivity index is 2.65. The van der Waals surface area contributed by atoms with Crippen LogP contribution in [0.15, 0.2) is 30.3 Å². The van der Waals surface area contributed by atoms with Crippen molar-refractivity contribution in [2.24, 2.45) is 0 Å². The Morgan fingerprint density at radius 2 is 1.74 bits per heavy atom. The van der Waals surface area contributed by atoms with Crippen molar-refractivity contribution in [2.75, 3.05) is 26.7 Å². The number of nitrogens with zero attached hydrogens (tertiary/aromatic N) is 1. The van der Waals surface area contributed by atoms with E-state index in [-0.39, 0.29) is 5.91 Å². The molecule has 1 amide bonds. The molecule has 0 bridgehead atoms. The van der Waals surface area contributed by atoms with Crippen LogP contribution in [-0.2, 0) is 20.7 Å². The van der Waals surface area contributed by atoms with Crippen molar-refractivity contribution in [2.45, 2.75) is 39.2 Å². The molecule has 0 aromatic heterocycles. The molecule has 23 heavy (non-hydrogen) atoms. The van der Waals surface area contributed by atoms with Gasteiger partial charge >= 0.3 is 5.97 Å². The number of carbonyl (C=O) groups excluding carboxylic acids is 2. The van der Waals surface area contributed by atoms with Crippen LogP contribution in [0.1, 0.15) is 32.3 Å². The second-order valence-corrected chi connectivity index (χ2v) is 5.61. The standard InChI is InChI=1S/C18H28N2O3/c1-4-11-20(12-5-2)14-17(21)19-16(18(22)23-3)13-15-9-7-6-8-10-15/h6-10,16H,4-5,11-14H2,1-3H3,(H,19,21)/t16-/m0/s1. The van der Waals surface area contributed by atoms with Gasteiger partial charge in [0.05, 0.1) is 13.7 Å². The zero-order valence-electron chi connectivity index (χ0n) is 14.4. The van der Waals surface area contributed by atoms with Crippen LogP contribution >= 0.6 is 0 Å². The van der Waals surface area contributed by atoms with E-state index in [1.165, 1.54) is 7.11 Å². The maximum absolute atomic E-state index is 12.3. The van der Waals surface area contributed by atoms with E-state index in [1.54, 1.807) is 0 Å². The predicted molar refractivity (Wildman–Crippen MR) is 91.1 cm³/mol. The van der Waals surface area contributed by atoms with E-state index in [0.717, 1.165) is 31.5 Å². The van der Waals surface area contributed by atoms with Gasteiger partial charge in [0.25, 0.3) is 0 Å². The lowest BCUT2D eigenvalue weighted by Crippen LogP contribution is -2.47. The number of methoxy groups -OCH3 is 1. The van der Waals surface area contributed by atoms with Crippen LogP contribution in [0.25, 0.3) is 0 Å². The number of hydrogen-bond acceptors (Lipinski definition) is 4. The number of amides is 1. The van der Waals surface area contributed by atoms with E-state index in [1.807, 2.05) is 30.3 Å². The number of benzene rings is 1. The highest BCUT2D eigenvalue weighted by Crippen LogP contribution is 2.05. The molecule has 0 spiro atoms. The van der Waals surface area contributed by atoms with E-state index in [0.29, 0.717) is 13.0 Å². The summed E-state index contributed by atoms with van der Waals surface area (Å²) in [6.07, 6.45) is 2.43. The normalized spacial score (nSPS) is 12.0. The molecule has 0 fully saturated rings. The first-order valence-corrected chi connectivity index (χ1v) is 8.24. The van der Waals surface area contributed by atoms with Crippen LogP contribution in [0.4, 0.5) is 0 Å². The van der Waals surface area contributed by atoms with Gasteiger partial charge < -0.3 is 10.1 Å². The lowest BCUT2D eigenvalue weighted by atomic mass is 10.1. The summed E-state index contributed by atoms with van der Waals surface area (Å²) >= 11 is 0. The smallest absolute Gasteiger partial charge is 0.328 e. The highest BCUT2D eigenvalue weighted by Gasteiger charge is 2.22. The molecular weight excluding hydrogens is 292 g/mol. The Morgan fingerprint density at radius 1 is 1.13 bits per heavy atom. The van der Waals surface area contributed by atoms with Gasteiger partial charge in [-0.15, -0.1) is 0 Å². The summed E-state index contributed by atoms with van der Waals surface area (Å²) in [4.78, 5) is 26.3. The van der Waals surface area contributed by atoms with Gasteiger partial charge in [0.2, 0.25) is 5.91 Å². The van der Waals surface area contributed by atoms with Crippen molar-refractivity contribution in [3.8, 4) is 0 Å². The SMILES string of the molecule is CCCN(CCC)CC(=O)N[C@@H](Cc1ccccc1)C(=O)OC. The van der Waals surface area contributed by atoms with Crippen molar-refractivity contribution >= 4 is 11.9 Å². The molecule has 0 unspecified atom stereocenters. The molecule has 0 aliphatic carbocycles. The molecule has 0 saturated heterocycles. The second kappa shape index (κ2) is 10.8. The highest BCUT2D eigenvalue weighted by molar-refractivity contribution is 5.85. The van der Waals surface area contributed by atoms with Crippen molar-refractivity contribution in [3.63, 3.8) is 0 Å². The van der Waals surface area contributed by atoms with Crippen LogP contribution in [0.5, 0.6) is 0 Å². The lowest BCUT2D eigenvalue weighted by molar-refractivity contribution is -0.145. The Hall–Kier alpha value is -1.88. The van der Waals surface area contributed by atoms with Gasteiger partial charge in [-0.05, 0) is 31.5 Å². The van der Waals surface area contributed by atoms with Crippen LogP contribution < -0.4 is 5.32 Å². The van der Waals surface area contributed by atoms with Crippen LogP contribution in [0.3, 0.4) is 0 Å². The monoisotopic (exact) mass is 320 g/mol. The fourth-order valence-electron chi connectivity index (χ4n) is 2.53. The Labute approximate surface area is 139 Å². The molecule has 1 atom stereocenters. The van der Waals surface area contributed by atoms with Crippen LogP contribution in [-0.4, -0.2) is 49.6 Å². The topological polar surface area (TPSA) is 58.6 Å². The zero-order chi connectivity index (χ0) is 17.1. The van der Waals surface area contributed by atoms with Gasteiger partial charge in [-0.3, -0.25) is 9.69 Å².